The van der Waals surface area contributed by atoms with Crippen LogP contribution in [0.4, 0.5) is 0 Å². The number of carbonyl (C=O) groups is 1. The van der Waals surface area contributed by atoms with Crippen molar-refractivity contribution in [2.24, 2.45) is 5.10 Å². The van der Waals surface area contributed by atoms with Crippen LogP contribution in [0.5, 0.6) is 23.0 Å². The van der Waals surface area contributed by atoms with Crippen molar-refractivity contribution in [3.8, 4) is 23.0 Å². The predicted molar refractivity (Wildman–Crippen MR) is 112 cm³/mol. The van der Waals surface area contributed by atoms with Gasteiger partial charge in [0.2, 0.25) is 0 Å². The number of phenols is 1. The molecule has 144 valence electrons. The van der Waals surface area contributed by atoms with E-state index in [-0.39, 0.29) is 12.4 Å². The van der Waals surface area contributed by atoms with E-state index in [1.54, 1.807) is 24.3 Å². The Bertz CT molecular complexity index is 874. The first-order valence-corrected chi connectivity index (χ1v) is 9.78. The number of halogens is 3. The van der Waals surface area contributed by atoms with Crippen LogP contribution in [0.15, 0.2) is 42.8 Å². The molecule has 2 rings (SSSR count). The Labute approximate surface area is 181 Å². The van der Waals surface area contributed by atoms with E-state index in [0.717, 1.165) is 4.47 Å². The Hall–Kier alpha value is -1.78. The summed E-state index contributed by atoms with van der Waals surface area (Å²) >= 11 is 9.90. The Morgan fingerprint density at radius 1 is 1.19 bits per heavy atom. The third-order valence-electron chi connectivity index (χ3n) is 3.26. The smallest absolute Gasteiger partial charge is 0.277 e. The van der Waals surface area contributed by atoms with Gasteiger partial charge in [-0.15, -0.1) is 0 Å². The molecule has 0 spiro atoms. The normalized spacial score (nSPS) is 10.7. The highest BCUT2D eigenvalue weighted by molar-refractivity contribution is 9.11. The van der Waals surface area contributed by atoms with Gasteiger partial charge in [-0.2, -0.15) is 5.10 Å². The fourth-order valence-corrected chi connectivity index (χ4v) is 3.82. The third kappa shape index (κ3) is 5.60. The lowest BCUT2D eigenvalue weighted by molar-refractivity contribution is -0.123. The summed E-state index contributed by atoms with van der Waals surface area (Å²) < 4.78 is 17.6. The van der Waals surface area contributed by atoms with Crippen LogP contribution < -0.4 is 19.6 Å². The van der Waals surface area contributed by atoms with Gasteiger partial charge >= 0.3 is 0 Å². The predicted octanol–water partition coefficient (Wildman–Crippen LogP) is 4.23. The van der Waals surface area contributed by atoms with E-state index in [1.807, 2.05) is 0 Å². The number of amides is 1. The molecule has 2 aromatic rings. The minimum Gasteiger partial charge on any atom is -0.506 e. The molecule has 10 heteroatoms. The fourth-order valence-electron chi connectivity index (χ4n) is 2.01. The lowest BCUT2D eigenvalue weighted by Crippen LogP contribution is -2.24. The molecule has 1 amide bonds. The Morgan fingerprint density at radius 2 is 1.93 bits per heavy atom. The Morgan fingerprint density at radius 3 is 2.59 bits per heavy atom. The number of aromatic hydroxyl groups is 1. The van der Waals surface area contributed by atoms with Crippen molar-refractivity contribution in [1.29, 1.82) is 0 Å². The molecule has 0 radical (unpaired) electrons. The number of nitrogens with one attached hydrogen (secondary N) is 1. The number of methoxy groups -OCH3 is 2. The summed E-state index contributed by atoms with van der Waals surface area (Å²) in [4.78, 5) is 11.9. The highest BCUT2D eigenvalue weighted by atomic mass is 79.9. The molecule has 0 fully saturated rings. The first kappa shape index (κ1) is 21.5. The molecule has 0 bridgehead atoms. The van der Waals surface area contributed by atoms with Crippen molar-refractivity contribution in [3.63, 3.8) is 0 Å². The van der Waals surface area contributed by atoms with Crippen molar-refractivity contribution in [3.05, 3.63) is 43.2 Å². The maximum Gasteiger partial charge on any atom is 0.277 e. The van der Waals surface area contributed by atoms with Crippen LogP contribution in [0.3, 0.4) is 0 Å². The minimum atomic E-state index is -0.470. The molecule has 0 aliphatic carbocycles. The first-order chi connectivity index (χ1) is 12.9. The number of carbonyl (C=O) groups excluding carboxylic acids is 1. The van der Waals surface area contributed by atoms with Crippen LogP contribution in [0.25, 0.3) is 0 Å². The van der Waals surface area contributed by atoms with Crippen molar-refractivity contribution in [2.45, 2.75) is 0 Å². The second-order valence-electron chi connectivity index (χ2n) is 5.02. The maximum absolute atomic E-state index is 11.9. The first-order valence-electron chi connectivity index (χ1n) is 7.40. The molecule has 0 aliphatic rings. The number of phenolic OH excluding ortho intramolecular Hbond substituents is 1. The van der Waals surface area contributed by atoms with Gasteiger partial charge in [0, 0.05) is 10.0 Å². The van der Waals surface area contributed by atoms with E-state index >= 15 is 0 Å². The number of benzene rings is 2. The molecule has 0 aliphatic heterocycles. The van der Waals surface area contributed by atoms with Gasteiger partial charge in [0.25, 0.3) is 5.91 Å². The number of hydrogen-bond donors (Lipinski definition) is 2. The Kier molecular flexibility index (Phi) is 7.93. The van der Waals surface area contributed by atoms with E-state index in [9.17, 15) is 9.90 Å². The van der Waals surface area contributed by atoms with Crippen molar-refractivity contribution in [1.82, 2.24) is 5.43 Å². The van der Waals surface area contributed by atoms with Crippen molar-refractivity contribution >= 4 is 59.9 Å². The average Bonchev–Trinajstić information content (AvgIpc) is 2.65. The molecule has 0 aromatic heterocycles. The molecule has 0 saturated heterocycles. The van der Waals surface area contributed by atoms with E-state index in [0.29, 0.717) is 31.8 Å². The standard InChI is InChI=1S/C17H15Br3N2O5/c1-25-13-6-10(18)3-4-12(13)27-8-14(23)22-21-7-9-5-11(19)17(26-2)15(20)16(9)24/h3-7,24H,8H2,1-2H3,(H,22,23). The summed E-state index contributed by atoms with van der Waals surface area (Å²) in [6.07, 6.45) is 1.31. The molecular formula is C17H15Br3N2O5. The van der Waals surface area contributed by atoms with Gasteiger partial charge in [0.1, 0.15) is 10.2 Å². The highest BCUT2D eigenvalue weighted by Gasteiger charge is 2.14. The molecular weight excluding hydrogens is 552 g/mol. The van der Waals surface area contributed by atoms with Gasteiger partial charge in [-0.05, 0) is 56.1 Å². The van der Waals surface area contributed by atoms with E-state index in [1.165, 1.54) is 20.4 Å². The molecule has 2 aromatic carbocycles. The topological polar surface area (TPSA) is 89.4 Å². The zero-order chi connectivity index (χ0) is 20.0. The summed E-state index contributed by atoms with van der Waals surface area (Å²) in [5.41, 5.74) is 2.71. The van der Waals surface area contributed by atoms with Crippen LogP contribution in [-0.4, -0.2) is 38.1 Å². The van der Waals surface area contributed by atoms with Crippen LogP contribution in [0.1, 0.15) is 5.56 Å². The molecule has 7 nitrogen and oxygen atoms in total. The number of ether oxygens (including phenoxy) is 3. The summed E-state index contributed by atoms with van der Waals surface area (Å²) in [5, 5.41) is 14.0. The minimum absolute atomic E-state index is 0.0658. The molecule has 0 heterocycles. The number of rotatable bonds is 7. The zero-order valence-electron chi connectivity index (χ0n) is 14.3. The van der Waals surface area contributed by atoms with Crippen molar-refractivity contribution < 1.29 is 24.1 Å². The highest BCUT2D eigenvalue weighted by Crippen LogP contribution is 2.41. The third-order valence-corrected chi connectivity index (χ3v) is 5.08. The number of nitrogens with zero attached hydrogens (tertiary/aromatic N) is 1. The lowest BCUT2D eigenvalue weighted by atomic mass is 10.2. The van der Waals surface area contributed by atoms with Crippen LogP contribution in [0.2, 0.25) is 0 Å². The molecule has 27 heavy (non-hydrogen) atoms. The van der Waals surface area contributed by atoms with Crippen LogP contribution in [-0.2, 0) is 4.79 Å². The summed E-state index contributed by atoms with van der Waals surface area (Å²) in [7, 11) is 3.00. The van der Waals surface area contributed by atoms with Gasteiger partial charge in [-0.25, -0.2) is 5.43 Å². The maximum atomic E-state index is 11.9. The zero-order valence-corrected chi connectivity index (χ0v) is 19.0. The molecule has 0 unspecified atom stereocenters. The van der Waals surface area contributed by atoms with E-state index < -0.39 is 5.91 Å². The average molecular weight is 567 g/mol. The SMILES string of the molecule is COc1cc(Br)ccc1OCC(=O)NN=Cc1cc(Br)c(OC)c(Br)c1O. The van der Waals surface area contributed by atoms with E-state index in [4.69, 9.17) is 14.2 Å². The van der Waals surface area contributed by atoms with Crippen LogP contribution >= 0.6 is 47.8 Å². The summed E-state index contributed by atoms with van der Waals surface area (Å²) in [6, 6.07) is 6.80. The van der Waals surface area contributed by atoms with Gasteiger partial charge < -0.3 is 19.3 Å². The largest absolute Gasteiger partial charge is 0.506 e. The van der Waals surface area contributed by atoms with Gasteiger partial charge in [0.05, 0.1) is 24.9 Å². The number of hydrogen-bond acceptors (Lipinski definition) is 6. The van der Waals surface area contributed by atoms with E-state index in [2.05, 4.69) is 58.3 Å². The van der Waals surface area contributed by atoms with Crippen molar-refractivity contribution in [2.75, 3.05) is 20.8 Å². The van der Waals surface area contributed by atoms with Gasteiger partial charge in [0.15, 0.2) is 23.9 Å². The lowest BCUT2D eigenvalue weighted by Gasteiger charge is -2.10. The fraction of sp³-hybridized carbons (Fsp3) is 0.176. The molecule has 0 saturated carbocycles. The summed E-state index contributed by atoms with van der Waals surface area (Å²) in [6.45, 7) is -0.253. The van der Waals surface area contributed by atoms with Gasteiger partial charge in [-0.1, -0.05) is 15.9 Å². The van der Waals surface area contributed by atoms with Crippen LogP contribution in [0, 0.1) is 0 Å². The monoisotopic (exact) mass is 564 g/mol. The second-order valence-corrected chi connectivity index (χ2v) is 7.58. The van der Waals surface area contributed by atoms with Gasteiger partial charge in [-0.3, -0.25) is 4.79 Å². The quantitative estimate of drug-likeness (QED) is 0.387. The summed E-state index contributed by atoms with van der Waals surface area (Å²) in [5.74, 6) is 0.843. The molecule has 0 atom stereocenters. The molecule has 2 N–H and O–H groups in total. The second kappa shape index (κ2) is 9.95. The number of hydrazone groups is 1. The Balaban J connectivity index is 1.98.